The summed E-state index contributed by atoms with van der Waals surface area (Å²) < 4.78 is 16.1. The normalized spacial score (nSPS) is 9.30. The average molecular weight is 139 g/mol. The van der Waals surface area contributed by atoms with Gasteiger partial charge in [-0.3, -0.25) is 4.98 Å². The Labute approximate surface area is 59.4 Å². The Balaban J connectivity index is 2.75. The van der Waals surface area contributed by atoms with Crippen molar-refractivity contribution in [2.75, 3.05) is 6.86 Å². The number of hydrogen-bond donors (Lipinski definition) is 0. The van der Waals surface area contributed by atoms with Gasteiger partial charge < -0.3 is 4.74 Å². The Kier molecular flexibility index (Phi) is 2.26. The summed E-state index contributed by atoms with van der Waals surface area (Å²) in [5, 5.41) is 0. The monoisotopic (exact) mass is 139 g/mol. The Morgan fingerprint density at radius 2 is 2.40 bits per heavy atom. The molecular formula is C6H7BFNO. The van der Waals surface area contributed by atoms with Crippen LogP contribution in [-0.4, -0.2) is 19.7 Å². The van der Waals surface area contributed by atoms with E-state index in [0.717, 1.165) is 5.46 Å². The molecule has 0 aliphatic rings. The molecule has 0 aliphatic carbocycles. The molecule has 0 radical (unpaired) electrons. The quantitative estimate of drug-likeness (QED) is 0.522. The molecule has 52 valence electrons. The van der Waals surface area contributed by atoms with E-state index < -0.39 is 6.86 Å². The van der Waals surface area contributed by atoms with E-state index in [-0.39, 0.29) is 0 Å². The molecule has 0 saturated carbocycles. The van der Waals surface area contributed by atoms with Gasteiger partial charge in [0.15, 0.2) is 0 Å². The molecule has 4 heteroatoms. The van der Waals surface area contributed by atoms with E-state index in [1.54, 1.807) is 12.3 Å². The van der Waals surface area contributed by atoms with Crippen LogP contribution < -0.4 is 10.2 Å². The van der Waals surface area contributed by atoms with E-state index in [0.29, 0.717) is 5.75 Å². The molecule has 0 fully saturated rings. The maximum Gasteiger partial charge on any atom is 0.228 e. The van der Waals surface area contributed by atoms with E-state index in [4.69, 9.17) is 0 Å². The van der Waals surface area contributed by atoms with E-state index >= 15 is 0 Å². The van der Waals surface area contributed by atoms with Gasteiger partial charge in [0.25, 0.3) is 0 Å². The van der Waals surface area contributed by atoms with Crippen LogP contribution in [0.25, 0.3) is 0 Å². The van der Waals surface area contributed by atoms with Crippen LogP contribution in [0.15, 0.2) is 18.5 Å². The van der Waals surface area contributed by atoms with Crippen molar-refractivity contribution in [3.05, 3.63) is 18.5 Å². The largest absolute Gasteiger partial charge is 0.461 e. The highest BCUT2D eigenvalue weighted by Crippen LogP contribution is 2.03. The number of pyridine rings is 1. The zero-order chi connectivity index (χ0) is 7.40. The number of halogens is 1. The molecule has 1 rings (SSSR count). The SMILES string of the molecule is Bc1cncc(OCF)c1. The van der Waals surface area contributed by atoms with Gasteiger partial charge in [-0.05, 0) is 6.07 Å². The molecule has 0 saturated heterocycles. The summed E-state index contributed by atoms with van der Waals surface area (Å²) >= 11 is 0. The van der Waals surface area contributed by atoms with Crippen molar-refractivity contribution >= 4 is 13.3 Å². The minimum Gasteiger partial charge on any atom is -0.461 e. The molecule has 2 nitrogen and oxygen atoms in total. The first-order chi connectivity index (χ1) is 4.83. The number of ether oxygens (including phenoxy) is 1. The summed E-state index contributed by atoms with van der Waals surface area (Å²) in [5.41, 5.74) is 0.964. The van der Waals surface area contributed by atoms with E-state index in [1.807, 2.05) is 7.85 Å². The van der Waals surface area contributed by atoms with Gasteiger partial charge in [0, 0.05) is 6.20 Å². The van der Waals surface area contributed by atoms with Crippen molar-refractivity contribution < 1.29 is 9.13 Å². The molecular weight excluding hydrogens is 132 g/mol. The van der Waals surface area contributed by atoms with Crippen LogP contribution in [0.3, 0.4) is 0 Å². The molecule has 0 amide bonds. The fourth-order valence-electron chi connectivity index (χ4n) is 0.669. The first kappa shape index (κ1) is 7.06. The second kappa shape index (κ2) is 3.20. The molecule has 0 aliphatic heterocycles. The van der Waals surface area contributed by atoms with Crippen LogP contribution in [0.4, 0.5) is 4.39 Å². The van der Waals surface area contributed by atoms with Gasteiger partial charge in [0.2, 0.25) is 6.86 Å². The maximum atomic E-state index is 11.6. The van der Waals surface area contributed by atoms with E-state index in [1.165, 1.54) is 6.20 Å². The fourth-order valence-corrected chi connectivity index (χ4v) is 0.669. The minimum absolute atomic E-state index is 0.475. The zero-order valence-electron chi connectivity index (χ0n) is 5.67. The predicted octanol–water partition coefficient (Wildman–Crippen LogP) is -0.354. The van der Waals surface area contributed by atoms with E-state index in [2.05, 4.69) is 9.72 Å². The van der Waals surface area contributed by atoms with E-state index in [9.17, 15) is 4.39 Å². The number of hydrogen-bond acceptors (Lipinski definition) is 2. The standard InChI is InChI=1S/C6H7BFNO/c7-5-1-6(10-4-8)3-9-2-5/h1-3H,4,7H2. The lowest BCUT2D eigenvalue weighted by atomic mass is 9.99. The summed E-state index contributed by atoms with van der Waals surface area (Å²) in [6, 6.07) is 1.73. The third kappa shape index (κ3) is 1.72. The lowest BCUT2D eigenvalue weighted by Gasteiger charge is -1.99. The van der Waals surface area contributed by atoms with Gasteiger partial charge in [0.05, 0.1) is 6.20 Å². The van der Waals surface area contributed by atoms with Gasteiger partial charge in [0.1, 0.15) is 13.6 Å². The van der Waals surface area contributed by atoms with Crippen molar-refractivity contribution in [3.63, 3.8) is 0 Å². The lowest BCUT2D eigenvalue weighted by molar-refractivity contribution is 0.191. The second-order valence-electron chi connectivity index (χ2n) is 1.95. The molecule has 1 heterocycles. The molecule has 0 bridgehead atoms. The van der Waals surface area contributed by atoms with Crippen LogP contribution in [0.5, 0.6) is 5.75 Å². The summed E-state index contributed by atoms with van der Waals surface area (Å²) in [7, 11) is 1.87. The molecule has 1 aromatic rings. The van der Waals surface area contributed by atoms with Crippen LogP contribution in [-0.2, 0) is 0 Å². The third-order valence-corrected chi connectivity index (χ3v) is 1.07. The third-order valence-electron chi connectivity index (χ3n) is 1.07. The van der Waals surface area contributed by atoms with Crippen LogP contribution in [0.1, 0.15) is 0 Å². The summed E-state index contributed by atoms with van der Waals surface area (Å²) in [4.78, 5) is 3.81. The number of alkyl halides is 1. The van der Waals surface area contributed by atoms with Crippen molar-refractivity contribution in [3.8, 4) is 5.75 Å². The molecule has 0 atom stereocenters. The second-order valence-corrected chi connectivity index (χ2v) is 1.95. The Bertz CT molecular complexity index is 219. The summed E-state index contributed by atoms with van der Waals surface area (Å²) in [6.07, 6.45) is 3.16. The molecule has 0 N–H and O–H groups in total. The predicted molar refractivity (Wildman–Crippen MR) is 39.0 cm³/mol. The molecule has 0 aromatic carbocycles. The van der Waals surface area contributed by atoms with Gasteiger partial charge in [-0.25, -0.2) is 4.39 Å². The number of aromatic nitrogens is 1. The number of rotatable bonds is 2. The van der Waals surface area contributed by atoms with Crippen LogP contribution in [0, 0.1) is 0 Å². The summed E-state index contributed by atoms with van der Waals surface area (Å²) in [5.74, 6) is 0.475. The topological polar surface area (TPSA) is 22.1 Å². The van der Waals surface area contributed by atoms with Crippen LogP contribution in [0.2, 0.25) is 0 Å². The lowest BCUT2D eigenvalue weighted by Crippen LogP contribution is -2.03. The summed E-state index contributed by atoms with van der Waals surface area (Å²) in [6.45, 7) is -0.800. The highest BCUT2D eigenvalue weighted by Gasteiger charge is 1.91. The first-order valence-electron chi connectivity index (χ1n) is 2.93. The van der Waals surface area contributed by atoms with Gasteiger partial charge in [-0.15, -0.1) is 0 Å². The molecule has 0 unspecified atom stereocenters. The Hall–Kier alpha value is -1.06. The van der Waals surface area contributed by atoms with Crippen molar-refractivity contribution in [1.29, 1.82) is 0 Å². The Morgan fingerprint density at radius 3 is 3.00 bits per heavy atom. The number of nitrogens with zero attached hydrogens (tertiary/aromatic N) is 1. The highest BCUT2D eigenvalue weighted by atomic mass is 19.1. The first-order valence-corrected chi connectivity index (χ1v) is 2.93. The maximum absolute atomic E-state index is 11.6. The fraction of sp³-hybridized carbons (Fsp3) is 0.167. The molecule has 1 aromatic heterocycles. The van der Waals surface area contributed by atoms with Gasteiger partial charge >= 0.3 is 0 Å². The van der Waals surface area contributed by atoms with Gasteiger partial charge in [-0.2, -0.15) is 0 Å². The average Bonchev–Trinajstić information content (AvgIpc) is 1.88. The van der Waals surface area contributed by atoms with Crippen molar-refractivity contribution in [2.45, 2.75) is 0 Å². The smallest absolute Gasteiger partial charge is 0.228 e. The van der Waals surface area contributed by atoms with Crippen LogP contribution >= 0.6 is 0 Å². The van der Waals surface area contributed by atoms with Crippen molar-refractivity contribution in [1.82, 2.24) is 4.98 Å². The zero-order valence-corrected chi connectivity index (χ0v) is 5.67. The van der Waals surface area contributed by atoms with Gasteiger partial charge in [-0.1, -0.05) is 5.46 Å². The Morgan fingerprint density at radius 1 is 1.60 bits per heavy atom. The van der Waals surface area contributed by atoms with Crippen molar-refractivity contribution in [2.24, 2.45) is 0 Å². The minimum atomic E-state index is -0.800. The molecule has 10 heavy (non-hydrogen) atoms. The molecule has 0 spiro atoms. The highest BCUT2D eigenvalue weighted by molar-refractivity contribution is 6.32.